The summed E-state index contributed by atoms with van der Waals surface area (Å²) in [5, 5.41) is 2.55. The van der Waals surface area contributed by atoms with Crippen LogP contribution < -0.4 is 10.9 Å². The van der Waals surface area contributed by atoms with E-state index >= 15 is 0 Å². The highest BCUT2D eigenvalue weighted by Gasteiger charge is 2.14. The molecule has 25 heavy (non-hydrogen) atoms. The number of hydrogen-bond acceptors (Lipinski definition) is 5. The van der Waals surface area contributed by atoms with Crippen molar-refractivity contribution in [2.75, 3.05) is 5.32 Å². The van der Waals surface area contributed by atoms with E-state index in [4.69, 9.17) is 0 Å². The molecule has 0 bridgehead atoms. The number of aromatic nitrogens is 4. The van der Waals surface area contributed by atoms with Gasteiger partial charge in [-0.2, -0.15) is 0 Å². The first-order valence-electron chi connectivity index (χ1n) is 7.45. The minimum atomic E-state index is -0.458. The van der Waals surface area contributed by atoms with Gasteiger partial charge in [0.2, 0.25) is 5.91 Å². The number of hydrogen-bond donors (Lipinski definition) is 2. The van der Waals surface area contributed by atoms with Crippen molar-refractivity contribution >= 4 is 11.6 Å². The molecule has 0 fully saturated rings. The van der Waals surface area contributed by atoms with Crippen LogP contribution in [-0.4, -0.2) is 25.8 Å². The van der Waals surface area contributed by atoms with Crippen molar-refractivity contribution in [2.45, 2.75) is 13.3 Å². The third-order valence-corrected chi connectivity index (χ3v) is 3.45. The number of anilines is 1. The van der Waals surface area contributed by atoms with Crippen molar-refractivity contribution in [1.29, 1.82) is 0 Å². The molecule has 0 saturated carbocycles. The number of aromatic amines is 1. The molecule has 3 aromatic rings. The van der Waals surface area contributed by atoms with Crippen LogP contribution in [0.3, 0.4) is 0 Å². The van der Waals surface area contributed by atoms with E-state index in [0.29, 0.717) is 17.2 Å². The van der Waals surface area contributed by atoms with Gasteiger partial charge in [-0.1, -0.05) is 6.07 Å². The second kappa shape index (κ2) is 7.00. The lowest BCUT2D eigenvalue weighted by Gasteiger charge is -2.08. The summed E-state index contributed by atoms with van der Waals surface area (Å²) in [7, 11) is 0. The monoisotopic (exact) mass is 339 g/mol. The highest BCUT2D eigenvalue weighted by atomic mass is 19.1. The van der Waals surface area contributed by atoms with Gasteiger partial charge < -0.3 is 10.3 Å². The zero-order valence-electron chi connectivity index (χ0n) is 13.3. The zero-order valence-corrected chi connectivity index (χ0v) is 13.3. The van der Waals surface area contributed by atoms with E-state index in [1.807, 2.05) is 0 Å². The van der Waals surface area contributed by atoms with E-state index in [1.165, 1.54) is 30.6 Å². The second-order valence-corrected chi connectivity index (χ2v) is 5.29. The molecule has 3 rings (SSSR count). The fourth-order valence-corrected chi connectivity index (χ4v) is 2.28. The second-order valence-electron chi connectivity index (χ2n) is 5.29. The lowest BCUT2D eigenvalue weighted by Crippen LogP contribution is -2.24. The maximum atomic E-state index is 13.2. The molecule has 8 heteroatoms. The molecule has 0 spiro atoms. The highest BCUT2D eigenvalue weighted by molar-refractivity contribution is 5.92. The number of amides is 1. The third kappa shape index (κ3) is 3.92. The summed E-state index contributed by atoms with van der Waals surface area (Å²) in [6, 6.07) is 7.17. The van der Waals surface area contributed by atoms with Crippen LogP contribution in [0.2, 0.25) is 0 Å². The van der Waals surface area contributed by atoms with Crippen molar-refractivity contribution in [3.63, 3.8) is 0 Å². The summed E-state index contributed by atoms with van der Waals surface area (Å²) in [5.41, 5.74) is 0.514. The van der Waals surface area contributed by atoms with E-state index in [0.717, 1.165) is 0 Å². The molecule has 0 unspecified atom stereocenters. The number of carbonyl (C=O) groups excluding carboxylic acids is 1. The van der Waals surface area contributed by atoms with Crippen LogP contribution in [0.25, 0.3) is 11.6 Å². The van der Waals surface area contributed by atoms with E-state index in [-0.39, 0.29) is 17.8 Å². The Kier molecular flexibility index (Phi) is 4.60. The summed E-state index contributed by atoms with van der Waals surface area (Å²) in [6.45, 7) is 1.63. The van der Waals surface area contributed by atoms with Crippen LogP contribution in [0.5, 0.6) is 0 Å². The normalized spacial score (nSPS) is 10.5. The minimum absolute atomic E-state index is 0.180. The number of benzene rings is 1. The highest BCUT2D eigenvalue weighted by Crippen LogP contribution is 2.11. The Morgan fingerprint density at radius 3 is 2.68 bits per heavy atom. The Balaban J connectivity index is 1.81. The van der Waals surface area contributed by atoms with Crippen LogP contribution in [0.1, 0.15) is 11.3 Å². The Morgan fingerprint density at radius 1 is 1.24 bits per heavy atom. The molecule has 1 amide bonds. The Labute approximate surface area is 142 Å². The lowest BCUT2D eigenvalue weighted by atomic mass is 10.1. The van der Waals surface area contributed by atoms with Gasteiger partial charge in [-0.25, -0.2) is 19.3 Å². The summed E-state index contributed by atoms with van der Waals surface area (Å²) in [6.07, 6.45) is 2.90. The first-order chi connectivity index (χ1) is 12.0. The maximum Gasteiger partial charge on any atom is 0.255 e. The number of halogens is 1. The molecule has 1 aromatic carbocycles. The predicted molar refractivity (Wildman–Crippen MR) is 89.4 cm³/mol. The van der Waals surface area contributed by atoms with Gasteiger partial charge in [-0.3, -0.25) is 9.59 Å². The summed E-state index contributed by atoms with van der Waals surface area (Å²) < 4.78 is 13.2. The average Bonchev–Trinajstić information content (AvgIpc) is 2.59. The molecule has 7 nitrogen and oxygen atoms in total. The summed E-state index contributed by atoms with van der Waals surface area (Å²) in [5.74, 6) is -0.374. The van der Waals surface area contributed by atoms with E-state index in [2.05, 4.69) is 25.3 Å². The fourth-order valence-electron chi connectivity index (χ4n) is 2.28. The van der Waals surface area contributed by atoms with Crippen molar-refractivity contribution in [1.82, 2.24) is 19.9 Å². The molecule has 2 N–H and O–H groups in total. The SMILES string of the molecule is Cc1nc(-c2ncccn2)[nH]c(=O)c1CC(=O)Nc1cccc(F)c1. The largest absolute Gasteiger partial charge is 0.326 e. The number of rotatable bonds is 4. The van der Waals surface area contributed by atoms with Crippen LogP contribution >= 0.6 is 0 Å². The van der Waals surface area contributed by atoms with Crippen molar-refractivity contribution in [2.24, 2.45) is 0 Å². The quantitative estimate of drug-likeness (QED) is 0.755. The molecular weight excluding hydrogens is 325 g/mol. The molecule has 0 atom stereocenters. The van der Waals surface area contributed by atoms with Crippen molar-refractivity contribution in [3.8, 4) is 11.6 Å². The molecule has 0 aliphatic heterocycles. The summed E-state index contributed by atoms with van der Waals surface area (Å²) in [4.78, 5) is 39.3. The Morgan fingerprint density at radius 2 is 2.00 bits per heavy atom. The molecule has 0 saturated heterocycles. The molecule has 0 aliphatic carbocycles. The van der Waals surface area contributed by atoms with E-state index < -0.39 is 17.3 Å². The first-order valence-corrected chi connectivity index (χ1v) is 7.45. The average molecular weight is 339 g/mol. The van der Waals surface area contributed by atoms with Gasteiger partial charge in [0.05, 0.1) is 6.42 Å². The number of aryl methyl sites for hydroxylation is 1. The molecular formula is C17H14FN5O2. The van der Waals surface area contributed by atoms with Crippen LogP contribution in [-0.2, 0) is 11.2 Å². The number of nitrogens with one attached hydrogen (secondary N) is 2. The van der Waals surface area contributed by atoms with Crippen LogP contribution in [0, 0.1) is 12.7 Å². The molecule has 126 valence electrons. The van der Waals surface area contributed by atoms with Crippen molar-refractivity contribution in [3.05, 3.63) is 70.2 Å². The molecule has 0 radical (unpaired) electrons. The third-order valence-electron chi connectivity index (χ3n) is 3.45. The van der Waals surface area contributed by atoms with Gasteiger partial charge in [0.1, 0.15) is 5.82 Å². The van der Waals surface area contributed by atoms with Gasteiger partial charge in [0, 0.05) is 29.3 Å². The number of H-pyrrole nitrogens is 1. The maximum absolute atomic E-state index is 13.2. The van der Waals surface area contributed by atoms with E-state index in [1.54, 1.807) is 19.1 Å². The molecule has 0 aliphatic rings. The van der Waals surface area contributed by atoms with Gasteiger partial charge in [0.15, 0.2) is 11.6 Å². The lowest BCUT2D eigenvalue weighted by molar-refractivity contribution is -0.115. The fraction of sp³-hybridized carbons (Fsp3) is 0.118. The predicted octanol–water partition coefficient (Wildman–Crippen LogP) is 1.86. The van der Waals surface area contributed by atoms with Gasteiger partial charge in [-0.05, 0) is 31.2 Å². The summed E-state index contributed by atoms with van der Waals surface area (Å²) >= 11 is 0. The molecule has 2 aromatic heterocycles. The van der Waals surface area contributed by atoms with Gasteiger partial charge >= 0.3 is 0 Å². The molecule has 2 heterocycles. The smallest absolute Gasteiger partial charge is 0.255 e. The standard InChI is InChI=1S/C17H14FN5O2/c1-10-13(9-14(24)22-12-5-2-4-11(18)8-12)17(25)23-16(21-10)15-19-6-3-7-20-15/h2-8H,9H2,1H3,(H,22,24)(H,21,23,25). The van der Waals surface area contributed by atoms with Crippen LogP contribution in [0.4, 0.5) is 10.1 Å². The zero-order chi connectivity index (χ0) is 17.8. The van der Waals surface area contributed by atoms with Gasteiger partial charge in [-0.15, -0.1) is 0 Å². The van der Waals surface area contributed by atoms with Crippen LogP contribution in [0.15, 0.2) is 47.5 Å². The number of nitrogens with zero attached hydrogens (tertiary/aromatic N) is 3. The van der Waals surface area contributed by atoms with Gasteiger partial charge in [0.25, 0.3) is 5.56 Å². The first kappa shape index (κ1) is 16.4. The van der Waals surface area contributed by atoms with Crippen molar-refractivity contribution < 1.29 is 9.18 Å². The Bertz CT molecular complexity index is 972. The topological polar surface area (TPSA) is 101 Å². The number of carbonyl (C=O) groups is 1. The van der Waals surface area contributed by atoms with E-state index in [9.17, 15) is 14.0 Å². The minimum Gasteiger partial charge on any atom is -0.326 e. The Hall–Kier alpha value is -3.42.